The van der Waals surface area contributed by atoms with Crippen molar-refractivity contribution >= 4 is 34.7 Å². The number of hydrogen-bond acceptors (Lipinski definition) is 7. The number of nitrogens with zero attached hydrogens (tertiary/aromatic N) is 5. The minimum Gasteiger partial charge on any atom is -0.495 e. The Balaban J connectivity index is 1.45. The summed E-state index contributed by atoms with van der Waals surface area (Å²) in [7, 11) is 1.63. The summed E-state index contributed by atoms with van der Waals surface area (Å²) >= 11 is 6.11. The second-order valence-corrected chi connectivity index (χ2v) is 6.83. The highest BCUT2D eigenvalue weighted by Crippen LogP contribution is 2.30. The summed E-state index contributed by atoms with van der Waals surface area (Å²) in [6.45, 7) is 3.53. The zero-order chi connectivity index (χ0) is 19.3. The Hall–Kier alpha value is -3.06. The summed E-state index contributed by atoms with van der Waals surface area (Å²) in [5.74, 6) is 3.30. The largest absolute Gasteiger partial charge is 0.495 e. The van der Waals surface area contributed by atoms with Gasteiger partial charge in [0.2, 0.25) is 0 Å². The van der Waals surface area contributed by atoms with E-state index in [1.54, 1.807) is 19.5 Å². The fourth-order valence-corrected chi connectivity index (χ4v) is 3.38. The Morgan fingerprint density at radius 1 is 0.929 bits per heavy atom. The maximum Gasteiger partial charge on any atom is 0.142 e. The van der Waals surface area contributed by atoms with Crippen LogP contribution >= 0.6 is 11.6 Å². The van der Waals surface area contributed by atoms with Crippen LogP contribution in [0.25, 0.3) is 0 Å². The third kappa shape index (κ3) is 4.09. The molecular weight excluding hydrogens is 376 g/mol. The normalized spacial score (nSPS) is 14.1. The molecule has 3 heterocycles. The summed E-state index contributed by atoms with van der Waals surface area (Å²) < 4.78 is 5.39. The molecule has 1 saturated heterocycles. The standard InChI is InChI=1S/C20H21ClN6O/c1-28-17-6-5-15(21)12-16(17)25-18-13-20(24-14-23-18)27-10-8-26(9-11-27)19-4-2-3-7-22-19/h2-7,12-14H,8-11H2,1H3,(H,23,24,25). The van der Waals surface area contributed by atoms with Gasteiger partial charge < -0.3 is 19.9 Å². The van der Waals surface area contributed by atoms with Gasteiger partial charge in [0.15, 0.2) is 0 Å². The predicted molar refractivity (Wildman–Crippen MR) is 112 cm³/mol. The molecule has 4 rings (SSSR count). The smallest absolute Gasteiger partial charge is 0.142 e. The lowest BCUT2D eigenvalue weighted by molar-refractivity contribution is 0.417. The molecule has 7 nitrogen and oxygen atoms in total. The number of piperazine rings is 1. The van der Waals surface area contributed by atoms with E-state index in [1.165, 1.54) is 0 Å². The van der Waals surface area contributed by atoms with E-state index < -0.39 is 0 Å². The van der Waals surface area contributed by atoms with Crippen LogP contribution in [-0.4, -0.2) is 48.2 Å². The fraction of sp³-hybridized carbons (Fsp3) is 0.250. The number of anilines is 4. The van der Waals surface area contributed by atoms with Crippen molar-refractivity contribution in [3.63, 3.8) is 0 Å². The number of halogens is 1. The van der Waals surface area contributed by atoms with E-state index >= 15 is 0 Å². The SMILES string of the molecule is COc1ccc(Cl)cc1Nc1cc(N2CCN(c3ccccn3)CC2)ncn1. The summed E-state index contributed by atoms with van der Waals surface area (Å²) in [5, 5.41) is 3.90. The Morgan fingerprint density at radius 3 is 2.43 bits per heavy atom. The molecule has 1 N–H and O–H groups in total. The topological polar surface area (TPSA) is 66.4 Å². The molecule has 0 amide bonds. The van der Waals surface area contributed by atoms with Gasteiger partial charge in [0, 0.05) is 43.5 Å². The first-order chi connectivity index (χ1) is 13.7. The summed E-state index contributed by atoms with van der Waals surface area (Å²) in [4.78, 5) is 17.7. The van der Waals surface area contributed by atoms with Crippen LogP contribution in [0.1, 0.15) is 0 Å². The van der Waals surface area contributed by atoms with Gasteiger partial charge in [-0.1, -0.05) is 17.7 Å². The molecule has 8 heteroatoms. The van der Waals surface area contributed by atoms with Crippen LogP contribution in [0.5, 0.6) is 5.75 Å². The highest BCUT2D eigenvalue weighted by Gasteiger charge is 2.19. The van der Waals surface area contributed by atoms with Gasteiger partial charge in [0.05, 0.1) is 12.8 Å². The van der Waals surface area contributed by atoms with Crippen LogP contribution in [0.2, 0.25) is 5.02 Å². The molecule has 0 unspecified atom stereocenters. The molecule has 1 fully saturated rings. The highest BCUT2D eigenvalue weighted by molar-refractivity contribution is 6.31. The van der Waals surface area contributed by atoms with Crippen molar-refractivity contribution in [1.82, 2.24) is 15.0 Å². The van der Waals surface area contributed by atoms with Crippen LogP contribution in [-0.2, 0) is 0 Å². The average molecular weight is 397 g/mol. The minimum atomic E-state index is 0.628. The number of rotatable bonds is 5. The van der Waals surface area contributed by atoms with E-state index in [4.69, 9.17) is 16.3 Å². The van der Waals surface area contributed by atoms with E-state index in [9.17, 15) is 0 Å². The van der Waals surface area contributed by atoms with Crippen LogP contribution in [0.4, 0.5) is 23.1 Å². The monoisotopic (exact) mass is 396 g/mol. The van der Waals surface area contributed by atoms with Gasteiger partial charge in [-0.05, 0) is 30.3 Å². The molecule has 0 aliphatic carbocycles. The van der Waals surface area contributed by atoms with Crippen LogP contribution in [0.3, 0.4) is 0 Å². The number of methoxy groups -OCH3 is 1. The van der Waals surface area contributed by atoms with Crippen molar-refractivity contribution in [2.75, 3.05) is 48.4 Å². The summed E-state index contributed by atoms with van der Waals surface area (Å²) in [6.07, 6.45) is 3.40. The fourth-order valence-electron chi connectivity index (χ4n) is 3.21. The third-order valence-corrected chi connectivity index (χ3v) is 4.89. The molecule has 0 radical (unpaired) electrons. The van der Waals surface area contributed by atoms with Gasteiger partial charge in [-0.25, -0.2) is 15.0 Å². The number of pyridine rings is 1. The highest BCUT2D eigenvalue weighted by atomic mass is 35.5. The first-order valence-corrected chi connectivity index (χ1v) is 9.44. The van der Waals surface area contributed by atoms with Gasteiger partial charge in [-0.3, -0.25) is 0 Å². The third-order valence-electron chi connectivity index (χ3n) is 4.65. The molecule has 0 bridgehead atoms. The Morgan fingerprint density at radius 2 is 1.71 bits per heavy atom. The number of ether oxygens (including phenoxy) is 1. The first kappa shape index (κ1) is 18.3. The number of nitrogens with one attached hydrogen (secondary N) is 1. The van der Waals surface area contributed by atoms with Crippen molar-refractivity contribution in [2.24, 2.45) is 0 Å². The van der Waals surface area contributed by atoms with E-state index in [0.717, 1.165) is 43.5 Å². The van der Waals surface area contributed by atoms with Crippen LogP contribution in [0, 0.1) is 0 Å². The molecule has 1 aliphatic heterocycles. The Bertz CT molecular complexity index is 931. The van der Waals surface area contributed by atoms with Crippen molar-refractivity contribution in [3.8, 4) is 5.75 Å². The molecule has 144 valence electrons. The molecule has 0 saturated carbocycles. The van der Waals surface area contributed by atoms with Crippen molar-refractivity contribution in [2.45, 2.75) is 0 Å². The zero-order valence-corrected chi connectivity index (χ0v) is 16.3. The van der Waals surface area contributed by atoms with Gasteiger partial charge in [0.1, 0.15) is 29.5 Å². The van der Waals surface area contributed by atoms with Crippen molar-refractivity contribution in [1.29, 1.82) is 0 Å². The van der Waals surface area contributed by atoms with Gasteiger partial charge in [0.25, 0.3) is 0 Å². The van der Waals surface area contributed by atoms with E-state index in [2.05, 4.69) is 30.1 Å². The van der Waals surface area contributed by atoms with E-state index in [-0.39, 0.29) is 0 Å². The lowest BCUT2D eigenvalue weighted by atomic mass is 10.2. The quantitative estimate of drug-likeness (QED) is 0.706. The second-order valence-electron chi connectivity index (χ2n) is 6.39. The lowest BCUT2D eigenvalue weighted by Gasteiger charge is -2.36. The molecule has 3 aromatic rings. The molecule has 1 aromatic carbocycles. The minimum absolute atomic E-state index is 0.628. The average Bonchev–Trinajstić information content (AvgIpc) is 2.75. The van der Waals surface area contributed by atoms with Crippen molar-refractivity contribution in [3.05, 3.63) is 60.0 Å². The van der Waals surface area contributed by atoms with Gasteiger partial charge in [-0.2, -0.15) is 0 Å². The lowest BCUT2D eigenvalue weighted by Crippen LogP contribution is -2.47. The van der Waals surface area contributed by atoms with Crippen molar-refractivity contribution < 1.29 is 4.74 Å². The molecule has 1 aliphatic rings. The maximum atomic E-state index is 6.11. The Kier molecular flexibility index (Phi) is 5.43. The number of aromatic nitrogens is 3. The van der Waals surface area contributed by atoms with Crippen LogP contribution < -0.4 is 19.9 Å². The van der Waals surface area contributed by atoms with E-state index in [0.29, 0.717) is 16.6 Å². The predicted octanol–water partition coefficient (Wildman–Crippen LogP) is 3.60. The first-order valence-electron chi connectivity index (χ1n) is 9.06. The Labute approximate surface area is 169 Å². The second kappa shape index (κ2) is 8.31. The summed E-state index contributed by atoms with van der Waals surface area (Å²) in [5.41, 5.74) is 0.764. The molecule has 2 aromatic heterocycles. The maximum absolute atomic E-state index is 6.11. The van der Waals surface area contributed by atoms with Gasteiger partial charge >= 0.3 is 0 Å². The summed E-state index contributed by atoms with van der Waals surface area (Å²) in [6, 6.07) is 13.4. The zero-order valence-electron chi connectivity index (χ0n) is 15.5. The molecule has 0 spiro atoms. The molecular formula is C20H21ClN6O. The molecule has 0 atom stereocenters. The number of benzene rings is 1. The molecule has 28 heavy (non-hydrogen) atoms. The van der Waals surface area contributed by atoms with E-state index in [1.807, 2.05) is 42.6 Å². The van der Waals surface area contributed by atoms with Gasteiger partial charge in [-0.15, -0.1) is 0 Å². The van der Waals surface area contributed by atoms with Crippen LogP contribution in [0.15, 0.2) is 55.0 Å². The number of hydrogen-bond donors (Lipinski definition) is 1.